The number of nitriles is 1. The first kappa shape index (κ1) is 22.0. The fourth-order valence-corrected chi connectivity index (χ4v) is 4.00. The Balaban J connectivity index is 1.65. The molecule has 0 aliphatic carbocycles. The van der Waals surface area contributed by atoms with Crippen molar-refractivity contribution in [1.29, 1.82) is 5.26 Å². The molecule has 1 aliphatic heterocycles. The van der Waals surface area contributed by atoms with Gasteiger partial charge in [-0.25, -0.2) is 15.0 Å². The SMILES string of the molecule is COc1ccc([C@@H](CC(=O)O)Nc2ncnc3c2CN(c2ccc(C)cc2C#N)CC3)cn1. The largest absolute Gasteiger partial charge is 0.481 e. The molecule has 168 valence electrons. The minimum atomic E-state index is -0.939. The second-order valence-corrected chi connectivity index (χ2v) is 7.88. The molecule has 2 N–H and O–H groups in total. The van der Waals surface area contributed by atoms with Crippen LogP contribution in [0.3, 0.4) is 0 Å². The van der Waals surface area contributed by atoms with Crippen LogP contribution in [0, 0.1) is 18.3 Å². The van der Waals surface area contributed by atoms with Gasteiger partial charge in [0.2, 0.25) is 5.88 Å². The molecule has 1 aliphatic rings. The topological polar surface area (TPSA) is 124 Å². The van der Waals surface area contributed by atoms with Crippen LogP contribution < -0.4 is 15.0 Å². The number of pyridine rings is 1. The summed E-state index contributed by atoms with van der Waals surface area (Å²) < 4.78 is 5.11. The number of nitrogens with zero attached hydrogens (tertiary/aromatic N) is 5. The number of fused-ring (bicyclic) bond motifs is 1. The highest BCUT2D eigenvalue weighted by Crippen LogP contribution is 2.32. The van der Waals surface area contributed by atoms with E-state index in [-0.39, 0.29) is 6.42 Å². The van der Waals surface area contributed by atoms with E-state index in [0.717, 1.165) is 29.1 Å². The molecule has 33 heavy (non-hydrogen) atoms. The quantitative estimate of drug-likeness (QED) is 0.565. The van der Waals surface area contributed by atoms with Crippen molar-refractivity contribution in [3.8, 4) is 11.9 Å². The van der Waals surface area contributed by atoms with E-state index >= 15 is 0 Å². The number of rotatable bonds is 7. The number of benzene rings is 1. The number of nitrogens with one attached hydrogen (secondary N) is 1. The molecule has 0 spiro atoms. The molecule has 0 radical (unpaired) electrons. The second-order valence-electron chi connectivity index (χ2n) is 7.88. The van der Waals surface area contributed by atoms with Gasteiger partial charge >= 0.3 is 5.97 Å². The Kier molecular flexibility index (Phi) is 6.36. The predicted molar refractivity (Wildman–Crippen MR) is 122 cm³/mol. The van der Waals surface area contributed by atoms with E-state index in [1.54, 1.807) is 18.3 Å². The number of aliphatic carboxylic acids is 1. The van der Waals surface area contributed by atoms with Gasteiger partial charge in [-0.1, -0.05) is 12.1 Å². The summed E-state index contributed by atoms with van der Waals surface area (Å²) in [5.74, 6) is 0.0952. The smallest absolute Gasteiger partial charge is 0.305 e. The molecule has 0 saturated heterocycles. The first-order valence-corrected chi connectivity index (χ1v) is 10.5. The average molecular weight is 444 g/mol. The summed E-state index contributed by atoms with van der Waals surface area (Å²) in [6.45, 7) is 3.20. The lowest BCUT2D eigenvalue weighted by Crippen LogP contribution is -2.33. The van der Waals surface area contributed by atoms with E-state index in [0.29, 0.717) is 35.8 Å². The number of carboxylic acid groups (broad SMARTS) is 1. The van der Waals surface area contributed by atoms with Crippen LogP contribution in [0.15, 0.2) is 42.9 Å². The van der Waals surface area contributed by atoms with Gasteiger partial charge in [-0.15, -0.1) is 0 Å². The molecule has 3 heterocycles. The van der Waals surface area contributed by atoms with Crippen molar-refractivity contribution >= 4 is 17.5 Å². The third kappa shape index (κ3) is 4.85. The van der Waals surface area contributed by atoms with Gasteiger partial charge in [0.05, 0.1) is 36.5 Å². The number of carboxylic acids is 1. The summed E-state index contributed by atoms with van der Waals surface area (Å²) >= 11 is 0. The van der Waals surface area contributed by atoms with Crippen molar-refractivity contribution in [1.82, 2.24) is 15.0 Å². The highest BCUT2D eigenvalue weighted by molar-refractivity contribution is 5.69. The third-order valence-corrected chi connectivity index (χ3v) is 5.68. The fourth-order valence-electron chi connectivity index (χ4n) is 4.00. The summed E-state index contributed by atoms with van der Waals surface area (Å²) in [6, 6.07) is 11.1. The Labute approximate surface area is 191 Å². The Morgan fingerprint density at radius 1 is 1.30 bits per heavy atom. The minimum absolute atomic E-state index is 0.146. The zero-order valence-electron chi connectivity index (χ0n) is 18.4. The van der Waals surface area contributed by atoms with Gasteiger partial charge in [-0.05, 0) is 30.2 Å². The van der Waals surface area contributed by atoms with Gasteiger partial charge in [0.15, 0.2) is 0 Å². The number of hydrogen-bond acceptors (Lipinski definition) is 8. The first-order chi connectivity index (χ1) is 16.0. The van der Waals surface area contributed by atoms with Crippen LogP contribution in [0.4, 0.5) is 11.5 Å². The molecule has 4 rings (SSSR count). The summed E-state index contributed by atoms with van der Waals surface area (Å²) in [4.78, 5) is 26.8. The van der Waals surface area contributed by atoms with Gasteiger partial charge < -0.3 is 20.1 Å². The van der Waals surface area contributed by atoms with Crippen molar-refractivity contribution in [2.24, 2.45) is 0 Å². The molecule has 2 aromatic heterocycles. The molecule has 0 saturated carbocycles. The molecular weight excluding hydrogens is 420 g/mol. The van der Waals surface area contributed by atoms with Gasteiger partial charge in [0.25, 0.3) is 0 Å². The van der Waals surface area contributed by atoms with Crippen molar-refractivity contribution in [3.05, 3.63) is 70.8 Å². The Morgan fingerprint density at radius 3 is 2.85 bits per heavy atom. The van der Waals surface area contributed by atoms with Crippen molar-refractivity contribution < 1.29 is 14.6 Å². The molecule has 9 nitrogen and oxygen atoms in total. The summed E-state index contributed by atoms with van der Waals surface area (Å²) in [6.07, 6.45) is 3.64. The Hall–Kier alpha value is -4.19. The van der Waals surface area contributed by atoms with Crippen LogP contribution >= 0.6 is 0 Å². The highest BCUT2D eigenvalue weighted by Gasteiger charge is 2.25. The molecule has 9 heteroatoms. The number of carbonyl (C=O) groups is 1. The molecule has 0 fully saturated rings. The number of anilines is 2. The van der Waals surface area contributed by atoms with E-state index in [2.05, 4.69) is 31.2 Å². The van der Waals surface area contributed by atoms with Crippen LogP contribution in [-0.2, 0) is 17.8 Å². The second kappa shape index (κ2) is 9.53. The number of hydrogen-bond donors (Lipinski definition) is 2. The number of methoxy groups -OCH3 is 1. The number of ether oxygens (including phenoxy) is 1. The van der Waals surface area contributed by atoms with Gasteiger partial charge in [0, 0.05) is 37.3 Å². The van der Waals surface area contributed by atoms with Gasteiger partial charge in [0.1, 0.15) is 18.2 Å². The molecule has 0 unspecified atom stereocenters. The lowest BCUT2D eigenvalue weighted by atomic mass is 10.0. The normalized spacial score (nSPS) is 13.5. The maximum atomic E-state index is 11.6. The Morgan fingerprint density at radius 2 is 2.15 bits per heavy atom. The standard InChI is InChI=1S/C24H24N6O3/c1-15-3-5-21(17(9-15)11-25)30-8-7-19-18(13-30)24(28-14-27-19)29-20(10-23(31)32)16-4-6-22(33-2)26-12-16/h3-6,9,12,14,20H,7-8,10,13H2,1-2H3,(H,31,32)(H,27,28,29)/t20-/m1/s1. The summed E-state index contributed by atoms with van der Waals surface area (Å²) in [5, 5.41) is 22.4. The summed E-state index contributed by atoms with van der Waals surface area (Å²) in [5.41, 5.74) is 5.04. The highest BCUT2D eigenvalue weighted by atomic mass is 16.5. The summed E-state index contributed by atoms with van der Waals surface area (Å²) in [7, 11) is 1.53. The fraction of sp³-hybridized carbons (Fsp3) is 0.292. The zero-order chi connectivity index (χ0) is 23.4. The van der Waals surface area contributed by atoms with E-state index in [4.69, 9.17) is 4.74 Å². The maximum Gasteiger partial charge on any atom is 0.305 e. The first-order valence-electron chi connectivity index (χ1n) is 10.5. The predicted octanol–water partition coefficient (Wildman–Crippen LogP) is 3.25. The monoisotopic (exact) mass is 444 g/mol. The minimum Gasteiger partial charge on any atom is -0.481 e. The molecule has 0 bridgehead atoms. The van der Waals surface area contributed by atoms with Crippen LogP contribution in [0.2, 0.25) is 0 Å². The van der Waals surface area contributed by atoms with Gasteiger partial charge in [-0.3, -0.25) is 4.79 Å². The van der Waals surface area contributed by atoms with Crippen molar-refractivity contribution in [2.45, 2.75) is 32.4 Å². The average Bonchev–Trinajstić information content (AvgIpc) is 2.83. The lowest BCUT2D eigenvalue weighted by molar-refractivity contribution is -0.137. The van der Waals surface area contributed by atoms with Crippen LogP contribution in [0.5, 0.6) is 5.88 Å². The third-order valence-electron chi connectivity index (χ3n) is 5.68. The molecular formula is C24H24N6O3. The van der Waals surface area contributed by atoms with E-state index in [9.17, 15) is 15.2 Å². The van der Waals surface area contributed by atoms with Gasteiger partial charge in [-0.2, -0.15) is 5.26 Å². The number of aryl methyl sites for hydroxylation is 1. The lowest BCUT2D eigenvalue weighted by Gasteiger charge is -2.32. The van der Waals surface area contributed by atoms with E-state index in [1.165, 1.54) is 13.4 Å². The zero-order valence-corrected chi connectivity index (χ0v) is 18.4. The Bertz CT molecular complexity index is 1210. The van der Waals surface area contributed by atoms with Crippen LogP contribution in [0.1, 0.15) is 40.4 Å². The van der Waals surface area contributed by atoms with Crippen molar-refractivity contribution in [2.75, 3.05) is 23.9 Å². The number of aromatic nitrogens is 3. The molecule has 1 aromatic carbocycles. The van der Waals surface area contributed by atoms with E-state index < -0.39 is 12.0 Å². The molecule has 3 aromatic rings. The molecule has 1 atom stereocenters. The van der Waals surface area contributed by atoms with Crippen LogP contribution in [0.25, 0.3) is 0 Å². The maximum absolute atomic E-state index is 11.6. The van der Waals surface area contributed by atoms with Crippen LogP contribution in [-0.4, -0.2) is 39.7 Å². The van der Waals surface area contributed by atoms with E-state index in [1.807, 2.05) is 25.1 Å². The molecule has 0 amide bonds. The van der Waals surface area contributed by atoms with Crippen molar-refractivity contribution in [3.63, 3.8) is 0 Å².